The number of halogens is 1. The minimum Gasteiger partial charge on any atom is -0.426 e. The lowest BCUT2D eigenvalue weighted by atomic mass is 9.93. The highest BCUT2D eigenvalue weighted by Gasteiger charge is 2.08. The fourth-order valence-corrected chi connectivity index (χ4v) is 1.97. The first-order chi connectivity index (χ1) is 9.20. The van der Waals surface area contributed by atoms with Crippen molar-refractivity contribution >= 4 is 17.6 Å². The highest BCUT2D eigenvalue weighted by Crippen LogP contribution is 2.25. The van der Waals surface area contributed by atoms with Gasteiger partial charge in [-0.15, -0.1) is 11.6 Å². The molecule has 1 unspecified atom stereocenters. The van der Waals surface area contributed by atoms with Crippen LogP contribution in [0.25, 0.3) is 0 Å². The molecule has 0 saturated heterocycles. The molecule has 0 bridgehead atoms. The number of alkyl halides is 1. The normalized spacial score (nSPS) is 11.9. The van der Waals surface area contributed by atoms with Crippen molar-refractivity contribution in [1.29, 1.82) is 0 Å². The Morgan fingerprint density at radius 1 is 1.05 bits per heavy atom. The fourth-order valence-electron chi connectivity index (χ4n) is 1.92. The zero-order valence-electron chi connectivity index (χ0n) is 10.7. The maximum atomic E-state index is 11.1. The van der Waals surface area contributed by atoms with E-state index in [4.69, 9.17) is 16.3 Å². The molecule has 19 heavy (non-hydrogen) atoms. The smallest absolute Gasteiger partial charge is 0.326 e. The Kier molecular flexibility index (Phi) is 4.58. The van der Waals surface area contributed by atoms with E-state index >= 15 is 0 Å². The van der Waals surface area contributed by atoms with Gasteiger partial charge in [0, 0.05) is 5.92 Å². The summed E-state index contributed by atoms with van der Waals surface area (Å²) in [5.74, 6) is 0.251. The average molecular weight is 275 g/mol. The predicted molar refractivity (Wildman–Crippen MR) is 76.8 cm³/mol. The third-order valence-corrected chi connectivity index (χ3v) is 3.24. The van der Waals surface area contributed by atoms with E-state index in [1.807, 2.05) is 30.3 Å². The Balaban J connectivity index is 2.12. The van der Waals surface area contributed by atoms with E-state index in [1.54, 1.807) is 12.1 Å². The Labute approximate surface area is 118 Å². The van der Waals surface area contributed by atoms with Crippen LogP contribution in [-0.2, 0) is 4.79 Å². The molecule has 0 spiro atoms. The van der Waals surface area contributed by atoms with Crippen molar-refractivity contribution < 1.29 is 9.53 Å². The Bertz CT molecular complexity index is 534. The lowest BCUT2D eigenvalue weighted by molar-refractivity contribution is -0.131. The van der Waals surface area contributed by atoms with Crippen molar-refractivity contribution in [3.05, 3.63) is 65.7 Å². The van der Waals surface area contributed by atoms with Gasteiger partial charge in [0.25, 0.3) is 0 Å². The van der Waals surface area contributed by atoms with Crippen LogP contribution in [0.15, 0.2) is 54.6 Å². The van der Waals surface area contributed by atoms with Gasteiger partial charge in [0.2, 0.25) is 0 Å². The average Bonchev–Trinajstić information content (AvgIpc) is 2.48. The van der Waals surface area contributed by atoms with E-state index < -0.39 is 5.97 Å². The van der Waals surface area contributed by atoms with Gasteiger partial charge in [-0.2, -0.15) is 0 Å². The molecular weight excluding hydrogens is 260 g/mol. The van der Waals surface area contributed by atoms with Crippen LogP contribution >= 0.6 is 11.6 Å². The number of rotatable bonds is 4. The minimum atomic E-state index is -0.439. The molecule has 2 rings (SSSR count). The highest BCUT2D eigenvalue weighted by molar-refractivity contribution is 6.26. The Morgan fingerprint density at radius 3 is 2.21 bits per heavy atom. The van der Waals surface area contributed by atoms with Gasteiger partial charge in [0.1, 0.15) is 11.6 Å². The largest absolute Gasteiger partial charge is 0.426 e. The van der Waals surface area contributed by atoms with E-state index in [9.17, 15) is 4.79 Å². The summed E-state index contributed by atoms with van der Waals surface area (Å²) in [6, 6.07) is 17.8. The third kappa shape index (κ3) is 3.58. The van der Waals surface area contributed by atoms with Gasteiger partial charge in [-0.3, -0.25) is 4.79 Å². The van der Waals surface area contributed by atoms with Crippen LogP contribution in [0, 0.1) is 0 Å². The van der Waals surface area contributed by atoms with Crippen molar-refractivity contribution in [2.75, 3.05) is 5.88 Å². The number of carbonyl (C=O) groups is 1. The van der Waals surface area contributed by atoms with Gasteiger partial charge < -0.3 is 4.74 Å². The van der Waals surface area contributed by atoms with Gasteiger partial charge in [0.15, 0.2) is 0 Å². The van der Waals surface area contributed by atoms with E-state index in [1.165, 1.54) is 11.1 Å². The van der Waals surface area contributed by atoms with Gasteiger partial charge in [-0.1, -0.05) is 49.4 Å². The maximum absolute atomic E-state index is 11.1. The van der Waals surface area contributed by atoms with Gasteiger partial charge in [-0.05, 0) is 23.3 Å². The summed E-state index contributed by atoms with van der Waals surface area (Å²) >= 11 is 5.39. The third-order valence-electron chi connectivity index (χ3n) is 3.02. The molecule has 2 nitrogen and oxygen atoms in total. The van der Waals surface area contributed by atoms with Gasteiger partial charge in [0.05, 0.1) is 0 Å². The summed E-state index contributed by atoms with van der Waals surface area (Å²) in [6.45, 7) is 2.15. The first kappa shape index (κ1) is 13.6. The minimum absolute atomic E-state index is 0.137. The molecule has 0 fully saturated rings. The molecule has 0 aromatic heterocycles. The molecule has 98 valence electrons. The number of carbonyl (C=O) groups excluding carboxylic acids is 1. The number of esters is 1. The van der Waals surface area contributed by atoms with E-state index in [-0.39, 0.29) is 5.88 Å². The van der Waals surface area contributed by atoms with Crippen molar-refractivity contribution in [3.63, 3.8) is 0 Å². The SMILES string of the molecule is CC(c1ccccc1)c1ccc(OC(=O)CCl)cc1. The molecule has 0 aliphatic heterocycles. The lowest BCUT2D eigenvalue weighted by Crippen LogP contribution is -2.08. The second-order valence-corrected chi connectivity index (χ2v) is 4.58. The quantitative estimate of drug-likeness (QED) is 0.479. The lowest BCUT2D eigenvalue weighted by Gasteiger charge is -2.12. The van der Waals surface area contributed by atoms with Gasteiger partial charge in [-0.25, -0.2) is 0 Å². The second kappa shape index (κ2) is 6.39. The van der Waals surface area contributed by atoms with Crippen LogP contribution < -0.4 is 4.74 Å². The predicted octanol–water partition coefficient (Wildman–Crippen LogP) is 3.98. The van der Waals surface area contributed by atoms with Crippen LogP contribution in [-0.4, -0.2) is 11.8 Å². The molecule has 0 saturated carbocycles. The summed E-state index contributed by atoms with van der Waals surface area (Å²) in [5.41, 5.74) is 2.44. The molecular formula is C16H15ClO2. The van der Waals surface area contributed by atoms with Crippen molar-refractivity contribution in [3.8, 4) is 5.75 Å². The van der Waals surface area contributed by atoms with Crippen LogP contribution in [0.3, 0.4) is 0 Å². The zero-order valence-corrected chi connectivity index (χ0v) is 11.4. The van der Waals surface area contributed by atoms with E-state index in [0.717, 1.165) is 0 Å². The number of hydrogen-bond acceptors (Lipinski definition) is 2. The van der Waals surface area contributed by atoms with Crippen molar-refractivity contribution in [2.45, 2.75) is 12.8 Å². The summed E-state index contributed by atoms with van der Waals surface area (Å²) < 4.78 is 5.03. The molecule has 1 atom stereocenters. The molecule has 0 heterocycles. The van der Waals surface area contributed by atoms with E-state index in [2.05, 4.69) is 19.1 Å². The molecule has 3 heteroatoms. The topological polar surface area (TPSA) is 26.3 Å². The second-order valence-electron chi connectivity index (χ2n) is 4.31. The number of benzene rings is 2. The Hall–Kier alpha value is -1.80. The number of ether oxygens (including phenoxy) is 1. The summed E-state index contributed by atoms with van der Waals surface area (Å²) in [5, 5.41) is 0. The molecule has 2 aromatic carbocycles. The highest BCUT2D eigenvalue weighted by atomic mass is 35.5. The molecule has 0 N–H and O–H groups in total. The standard InChI is InChI=1S/C16H15ClO2/c1-12(13-5-3-2-4-6-13)14-7-9-15(10-8-14)19-16(18)11-17/h2-10,12H,11H2,1H3. The van der Waals surface area contributed by atoms with Crippen molar-refractivity contribution in [1.82, 2.24) is 0 Å². The first-order valence-electron chi connectivity index (χ1n) is 6.12. The summed E-state index contributed by atoms with van der Waals surface area (Å²) in [7, 11) is 0. The summed E-state index contributed by atoms with van der Waals surface area (Å²) in [6.07, 6.45) is 0. The monoisotopic (exact) mass is 274 g/mol. The van der Waals surface area contributed by atoms with Crippen LogP contribution in [0.5, 0.6) is 5.75 Å². The Morgan fingerprint density at radius 2 is 1.63 bits per heavy atom. The summed E-state index contributed by atoms with van der Waals surface area (Å²) in [4.78, 5) is 11.1. The van der Waals surface area contributed by atoms with Crippen LogP contribution in [0.2, 0.25) is 0 Å². The number of hydrogen-bond donors (Lipinski definition) is 0. The molecule has 2 aromatic rings. The van der Waals surface area contributed by atoms with E-state index in [0.29, 0.717) is 11.7 Å². The van der Waals surface area contributed by atoms with Crippen LogP contribution in [0.4, 0.5) is 0 Å². The first-order valence-corrected chi connectivity index (χ1v) is 6.65. The zero-order chi connectivity index (χ0) is 13.7. The van der Waals surface area contributed by atoms with Crippen molar-refractivity contribution in [2.24, 2.45) is 0 Å². The molecule has 0 aliphatic rings. The fraction of sp³-hybridized carbons (Fsp3) is 0.188. The molecule has 0 radical (unpaired) electrons. The van der Waals surface area contributed by atoms with Gasteiger partial charge >= 0.3 is 5.97 Å². The van der Waals surface area contributed by atoms with Crippen LogP contribution in [0.1, 0.15) is 24.0 Å². The molecule has 0 amide bonds. The molecule has 0 aliphatic carbocycles. The maximum Gasteiger partial charge on any atom is 0.326 e.